The van der Waals surface area contributed by atoms with E-state index in [2.05, 4.69) is 26.9 Å². The van der Waals surface area contributed by atoms with Gasteiger partial charge in [0.15, 0.2) is 0 Å². The van der Waals surface area contributed by atoms with E-state index in [4.69, 9.17) is 27.7 Å². The maximum Gasteiger partial charge on any atom is 0.324 e. The van der Waals surface area contributed by atoms with E-state index in [1.807, 2.05) is 0 Å². The fraction of sp³-hybridized carbons (Fsp3) is 0.556. The Morgan fingerprint density at radius 1 is 1.04 bits per heavy atom. The van der Waals surface area contributed by atoms with Crippen molar-refractivity contribution < 1.29 is 4.52 Å². The third kappa shape index (κ3) is 3.64. The Morgan fingerprint density at radius 3 is 2.40 bits per heavy atom. The van der Waals surface area contributed by atoms with E-state index in [1.54, 1.807) is 18.2 Å². The van der Waals surface area contributed by atoms with Gasteiger partial charge < -0.3 is 9.42 Å². The summed E-state index contributed by atoms with van der Waals surface area (Å²) in [6.45, 7) is 5.49. The monoisotopic (exact) mass is 380 g/mol. The SMILES string of the molecule is CC1CCCN1C1CCN(c2nc(-c3cc(Cl)cc(Cl)c3)no2)CC1. The normalized spacial score (nSPS) is 22.7. The number of piperidine rings is 1. The summed E-state index contributed by atoms with van der Waals surface area (Å²) in [5.74, 6) is 0.523. The molecule has 0 amide bonds. The number of rotatable bonds is 3. The van der Waals surface area contributed by atoms with Gasteiger partial charge in [0.25, 0.3) is 0 Å². The van der Waals surface area contributed by atoms with Crippen LogP contribution >= 0.6 is 23.2 Å². The number of hydrogen-bond donors (Lipinski definition) is 0. The van der Waals surface area contributed by atoms with Crippen LogP contribution in [0.3, 0.4) is 0 Å². The summed E-state index contributed by atoms with van der Waals surface area (Å²) in [4.78, 5) is 9.39. The molecule has 7 heteroatoms. The summed E-state index contributed by atoms with van der Waals surface area (Å²) in [6, 6.07) is 7.27. The third-order valence-electron chi connectivity index (χ3n) is 5.34. The highest BCUT2D eigenvalue weighted by molar-refractivity contribution is 6.35. The molecular formula is C18H22Cl2N4O. The van der Waals surface area contributed by atoms with Crippen molar-refractivity contribution in [2.75, 3.05) is 24.5 Å². The molecule has 0 saturated carbocycles. The van der Waals surface area contributed by atoms with Crippen LogP contribution in [0.4, 0.5) is 6.01 Å². The van der Waals surface area contributed by atoms with Gasteiger partial charge in [-0.2, -0.15) is 4.98 Å². The van der Waals surface area contributed by atoms with Crippen molar-refractivity contribution in [1.82, 2.24) is 15.0 Å². The number of nitrogens with zero attached hydrogens (tertiary/aromatic N) is 4. The predicted molar refractivity (Wildman–Crippen MR) is 100 cm³/mol. The third-order valence-corrected chi connectivity index (χ3v) is 5.78. The minimum absolute atomic E-state index is 0.523. The Kier molecular flexibility index (Phi) is 4.89. The van der Waals surface area contributed by atoms with E-state index in [0.717, 1.165) is 37.5 Å². The van der Waals surface area contributed by atoms with Gasteiger partial charge in [-0.25, -0.2) is 0 Å². The maximum absolute atomic E-state index is 6.06. The van der Waals surface area contributed by atoms with E-state index in [0.29, 0.717) is 27.9 Å². The molecule has 25 heavy (non-hydrogen) atoms. The van der Waals surface area contributed by atoms with Crippen LogP contribution in [0, 0.1) is 0 Å². The summed E-state index contributed by atoms with van der Waals surface area (Å²) in [6.07, 6.45) is 4.95. The second kappa shape index (κ2) is 7.14. The molecule has 2 saturated heterocycles. The second-order valence-electron chi connectivity index (χ2n) is 7.01. The van der Waals surface area contributed by atoms with Gasteiger partial charge in [0.2, 0.25) is 5.82 Å². The lowest BCUT2D eigenvalue weighted by Crippen LogP contribution is -2.46. The number of halogens is 2. The van der Waals surface area contributed by atoms with Crippen LogP contribution in [0.1, 0.15) is 32.6 Å². The van der Waals surface area contributed by atoms with E-state index in [-0.39, 0.29) is 0 Å². The molecule has 0 bridgehead atoms. The minimum atomic E-state index is 0.523. The van der Waals surface area contributed by atoms with Gasteiger partial charge in [-0.15, -0.1) is 0 Å². The van der Waals surface area contributed by atoms with Gasteiger partial charge >= 0.3 is 6.01 Å². The lowest BCUT2D eigenvalue weighted by atomic mass is 10.0. The summed E-state index contributed by atoms with van der Waals surface area (Å²) in [5, 5.41) is 5.23. The Labute approximate surface area is 157 Å². The molecule has 1 unspecified atom stereocenters. The van der Waals surface area contributed by atoms with E-state index >= 15 is 0 Å². The van der Waals surface area contributed by atoms with Crippen molar-refractivity contribution >= 4 is 29.2 Å². The topological polar surface area (TPSA) is 45.4 Å². The molecule has 2 aliphatic heterocycles. The van der Waals surface area contributed by atoms with Crippen LogP contribution in [0.15, 0.2) is 22.7 Å². The smallest absolute Gasteiger partial charge is 0.324 e. The number of aromatic nitrogens is 2. The van der Waals surface area contributed by atoms with Crippen molar-refractivity contribution in [3.8, 4) is 11.4 Å². The highest BCUT2D eigenvalue weighted by atomic mass is 35.5. The number of benzene rings is 1. The Hall–Kier alpha value is -1.30. The van der Waals surface area contributed by atoms with E-state index in [1.165, 1.54) is 19.4 Å². The zero-order chi connectivity index (χ0) is 17.4. The average molecular weight is 381 g/mol. The zero-order valence-corrected chi connectivity index (χ0v) is 15.8. The lowest BCUT2D eigenvalue weighted by molar-refractivity contribution is 0.161. The maximum atomic E-state index is 6.06. The molecule has 5 nitrogen and oxygen atoms in total. The van der Waals surface area contributed by atoms with E-state index < -0.39 is 0 Å². The largest absolute Gasteiger partial charge is 0.324 e. The van der Waals surface area contributed by atoms with Crippen LogP contribution in [-0.4, -0.2) is 46.8 Å². The van der Waals surface area contributed by atoms with Crippen LogP contribution < -0.4 is 4.90 Å². The van der Waals surface area contributed by atoms with Crippen LogP contribution in [0.25, 0.3) is 11.4 Å². The highest BCUT2D eigenvalue weighted by Gasteiger charge is 2.31. The van der Waals surface area contributed by atoms with Crippen molar-refractivity contribution in [1.29, 1.82) is 0 Å². The molecular weight excluding hydrogens is 359 g/mol. The molecule has 1 aromatic carbocycles. The average Bonchev–Trinajstić information content (AvgIpc) is 3.23. The van der Waals surface area contributed by atoms with Crippen LogP contribution in [0.5, 0.6) is 0 Å². The fourth-order valence-electron chi connectivity index (χ4n) is 4.03. The first-order chi connectivity index (χ1) is 12.1. The molecule has 0 N–H and O–H groups in total. The second-order valence-corrected chi connectivity index (χ2v) is 7.88. The van der Waals surface area contributed by atoms with Crippen molar-refractivity contribution in [3.63, 3.8) is 0 Å². The summed E-state index contributed by atoms with van der Waals surface area (Å²) < 4.78 is 5.49. The summed E-state index contributed by atoms with van der Waals surface area (Å²) >= 11 is 12.1. The van der Waals surface area contributed by atoms with Gasteiger partial charge in [-0.1, -0.05) is 28.4 Å². The molecule has 1 aromatic heterocycles. The van der Waals surface area contributed by atoms with Crippen molar-refractivity contribution in [2.24, 2.45) is 0 Å². The number of anilines is 1. The highest BCUT2D eigenvalue weighted by Crippen LogP contribution is 2.29. The first kappa shape index (κ1) is 17.1. The summed E-state index contributed by atoms with van der Waals surface area (Å²) in [7, 11) is 0. The quantitative estimate of drug-likeness (QED) is 0.784. The van der Waals surface area contributed by atoms with Gasteiger partial charge in [-0.3, -0.25) is 4.90 Å². The molecule has 1 atom stereocenters. The molecule has 0 aliphatic carbocycles. The van der Waals surface area contributed by atoms with Gasteiger partial charge in [0, 0.05) is 40.8 Å². The van der Waals surface area contributed by atoms with Crippen molar-refractivity contribution in [2.45, 2.75) is 44.7 Å². The molecule has 0 radical (unpaired) electrons. The van der Waals surface area contributed by atoms with Gasteiger partial charge in [0.05, 0.1) is 0 Å². The van der Waals surface area contributed by atoms with E-state index in [9.17, 15) is 0 Å². The molecule has 134 valence electrons. The predicted octanol–water partition coefficient (Wildman–Crippen LogP) is 4.50. The molecule has 2 fully saturated rings. The molecule has 4 rings (SSSR count). The Morgan fingerprint density at radius 2 is 1.76 bits per heavy atom. The fourth-order valence-corrected chi connectivity index (χ4v) is 4.56. The molecule has 3 heterocycles. The first-order valence-electron chi connectivity index (χ1n) is 8.91. The number of likely N-dealkylation sites (tertiary alicyclic amines) is 1. The Bertz CT molecular complexity index is 722. The van der Waals surface area contributed by atoms with Crippen molar-refractivity contribution in [3.05, 3.63) is 28.2 Å². The first-order valence-corrected chi connectivity index (χ1v) is 9.66. The molecule has 2 aliphatic rings. The molecule has 2 aromatic rings. The molecule has 0 spiro atoms. The number of hydrogen-bond acceptors (Lipinski definition) is 5. The van der Waals surface area contributed by atoms with Gasteiger partial charge in [-0.05, 0) is 57.4 Å². The lowest BCUT2D eigenvalue weighted by Gasteiger charge is -2.37. The zero-order valence-electron chi connectivity index (χ0n) is 14.3. The summed E-state index contributed by atoms with van der Waals surface area (Å²) in [5.41, 5.74) is 0.772. The van der Waals surface area contributed by atoms with Crippen LogP contribution in [-0.2, 0) is 0 Å². The van der Waals surface area contributed by atoms with Crippen LogP contribution in [0.2, 0.25) is 10.0 Å². The Balaban J connectivity index is 1.43. The standard InChI is InChI=1S/C18H22Cl2N4O/c1-12-3-2-6-24(12)16-4-7-23(8-5-16)18-21-17(22-25-18)13-9-14(19)11-15(20)10-13/h9-12,16H,2-8H2,1H3. The minimum Gasteiger partial charge on any atom is -0.324 e. The van der Waals surface area contributed by atoms with Gasteiger partial charge in [0.1, 0.15) is 0 Å².